The molecular weight excluding hydrogens is 338 g/mol. The normalized spacial score (nSPS) is 11.7. The summed E-state index contributed by atoms with van der Waals surface area (Å²) in [5.41, 5.74) is 8.57. The first kappa shape index (κ1) is 19.5. The Hall–Kier alpha value is -2.80. The van der Waals surface area contributed by atoms with Crippen LogP contribution in [0.1, 0.15) is 24.5 Å². The van der Waals surface area contributed by atoms with Gasteiger partial charge in [0, 0.05) is 35.6 Å². The lowest BCUT2D eigenvalue weighted by Crippen LogP contribution is -2.23. The van der Waals surface area contributed by atoms with Crippen molar-refractivity contribution in [1.82, 2.24) is 0 Å². The maximum Gasteiger partial charge on any atom is 0.243 e. The summed E-state index contributed by atoms with van der Waals surface area (Å²) in [6.45, 7) is 3.57. The van der Waals surface area contributed by atoms with Crippen LogP contribution in [0.5, 0.6) is 0 Å². The van der Waals surface area contributed by atoms with Gasteiger partial charge in [-0.15, -0.1) is 0 Å². The zero-order valence-electron chi connectivity index (χ0n) is 14.7. The lowest BCUT2D eigenvalue weighted by Gasteiger charge is -2.13. The van der Waals surface area contributed by atoms with Gasteiger partial charge < -0.3 is 21.8 Å². The molecule has 5 nitrogen and oxygen atoms in total. The average molecular weight is 360 g/mol. The average Bonchev–Trinajstić information content (AvgIpc) is 2.57. The van der Waals surface area contributed by atoms with Crippen molar-refractivity contribution >= 4 is 23.0 Å². The molecule has 0 aliphatic heterocycles. The van der Waals surface area contributed by atoms with Gasteiger partial charge in [0.2, 0.25) is 5.91 Å². The molecule has 2 aromatic rings. The number of halogens is 2. The second-order valence-corrected chi connectivity index (χ2v) is 6.22. The number of benzene rings is 2. The zero-order valence-corrected chi connectivity index (χ0v) is 14.7. The number of amides is 1. The minimum Gasteiger partial charge on any atom is -0.376 e. The molecule has 0 aliphatic carbocycles. The molecule has 7 heteroatoms. The first-order valence-corrected chi connectivity index (χ1v) is 8.19. The molecule has 0 radical (unpaired) electrons. The molecule has 0 saturated heterocycles. The lowest BCUT2D eigenvalue weighted by atomic mass is 10.0. The van der Waals surface area contributed by atoms with Gasteiger partial charge in [0.1, 0.15) is 0 Å². The molecule has 0 saturated carbocycles. The van der Waals surface area contributed by atoms with Crippen molar-refractivity contribution in [2.45, 2.75) is 26.3 Å². The molecule has 1 atom stereocenters. The molecule has 0 heterocycles. The van der Waals surface area contributed by atoms with Gasteiger partial charge in [-0.05, 0) is 43.2 Å². The van der Waals surface area contributed by atoms with Crippen molar-refractivity contribution in [3.63, 3.8) is 0 Å². The highest BCUT2D eigenvalue weighted by molar-refractivity contribution is 6.01. The Kier molecular flexibility index (Phi) is 6.41. The first-order valence-electron chi connectivity index (χ1n) is 8.19. The number of rotatable bonds is 7. The van der Waals surface area contributed by atoms with Gasteiger partial charge in [-0.2, -0.15) is 0 Å². The highest BCUT2D eigenvalue weighted by atomic mass is 19.2. The van der Waals surface area contributed by atoms with E-state index in [0.717, 1.165) is 17.7 Å². The Morgan fingerprint density at radius 1 is 1.19 bits per heavy atom. The number of carbonyl (C=O) groups excluding carboxylic acids is 1. The van der Waals surface area contributed by atoms with Crippen molar-refractivity contribution in [2.24, 2.45) is 5.73 Å². The minimum absolute atomic E-state index is 0.105. The van der Waals surface area contributed by atoms with Crippen molar-refractivity contribution < 1.29 is 13.6 Å². The number of hydrogen-bond acceptors (Lipinski definition) is 4. The molecule has 0 spiro atoms. The van der Waals surface area contributed by atoms with E-state index in [1.54, 1.807) is 6.07 Å². The maximum atomic E-state index is 13.2. The Bertz CT molecular complexity index is 821. The lowest BCUT2D eigenvalue weighted by molar-refractivity contribution is -0.114. The largest absolute Gasteiger partial charge is 0.376 e. The van der Waals surface area contributed by atoms with Gasteiger partial charge in [0.15, 0.2) is 11.6 Å². The highest BCUT2D eigenvalue weighted by Gasteiger charge is 2.10. The Morgan fingerprint density at radius 2 is 1.92 bits per heavy atom. The van der Waals surface area contributed by atoms with Crippen LogP contribution in [-0.2, 0) is 4.79 Å². The SMILES string of the molecule is Cc1ccc(C(=N)CC(C)N)cc1NC(=O)CNc1ccc(F)c(F)c1. The van der Waals surface area contributed by atoms with E-state index < -0.39 is 11.6 Å². The van der Waals surface area contributed by atoms with Gasteiger partial charge in [0.25, 0.3) is 0 Å². The molecule has 1 amide bonds. The van der Waals surface area contributed by atoms with Crippen LogP contribution in [-0.4, -0.2) is 24.2 Å². The van der Waals surface area contributed by atoms with E-state index in [1.807, 2.05) is 26.0 Å². The van der Waals surface area contributed by atoms with Crippen LogP contribution < -0.4 is 16.4 Å². The summed E-state index contributed by atoms with van der Waals surface area (Å²) in [4.78, 5) is 12.1. The Balaban J connectivity index is 2.01. The van der Waals surface area contributed by atoms with Gasteiger partial charge in [0.05, 0.1) is 6.54 Å². The molecule has 5 N–H and O–H groups in total. The second-order valence-electron chi connectivity index (χ2n) is 6.22. The molecule has 2 rings (SSSR count). The summed E-state index contributed by atoms with van der Waals surface area (Å²) in [6, 6.07) is 8.58. The number of aryl methyl sites for hydroxylation is 1. The number of anilines is 2. The van der Waals surface area contributed by atoms with Crippen LogP contribution in [0, 0.1) is 24.0 Å². The summed E-state index contributed by atoms with van der Waals surface area (Å²) >= 11 is 0. The van der Waals surface area contributed by atoms with Crippen molar-refractivity contribution in [3.8, 4) is 0 Å². The Labute approximate surface area is 151 Å². The van der Waals surface area contributed by atoms with E-state index >= 15 is 0 Å². The third kappa shape index (κ3) is 5.35. The third-order valence-corrected chi connectivity index (χ3v) is 3.76. The minimum atomic E-state index is -0.980. The molecular formula is C19H22F2N4O. The van der Waals surface area contributed by atoms with Crippen LogP contribution in [0.4, 0.5) is 20.2 Å². The van der Waals surface area contributed by atoms with Gasteiger partial charge in [-0.3, -0.25) is 4.79 Å². The summed E-state index contributed by atoms with van der Waals surface area (Å²) < 4.78 is 26.1. The molecule has 1 unspecified atom stereocenters. The third-order valence-electron chi connectivity index (χ3n) is 3.76. The Morgan fingerprint density at radius 3 is 2.58 bits per heavy atom. The van der Waals surface area contributed by atoms with E-state index in [1.165, 1.54) is 6.07 Å². The quantitative estimate of drug-likeness (QED) is 0.570. The van der Waals surface area contributed by atoms with E-state index in [-0.39, 0.29) is 18.5 Å². The summed E-state index contributed by atoms with van der Waals surface area (Å²) in [7, 11) is 0. The molecule has 0 aliphatic rings. The maximum absolute atomic E-state index is 13.2. The van der Waals surface area contributed by atoms with Gasteiger partial charge >= 0.3 is 0 Å². The standard InChI is InChI=1S/C19H22F2N4O/c1-11-3-4-13(17(23)7-12(2)22)8-18(11)25-19(26)10-24-14-5-6-15(20)16(21)9-14/h3-6,8-9,12,23-24H,7,10,22H2,1-2H3,(H,25,26). The van der Waals surface area contributed by atoms with E-state index in [4.69, 9.17) is 11.1 Å². The fourth-order valence-corrected chi connectivity index (χ4v) is 2.37. The van der Waals surface area contributed by atoms with Crippen LogP contribution in [0.3, 0.4) is 0 Å². The number of carbonyl (C=O) groups is 1. The molecule has 0 aromatic heterocycles. The monoisotopic (exact) mass is 360 g/mol. The van der Waals surface area contributed by atoms with Crippen LogP contribution in [0.2, 0.25) is 0 Å². The second kappa shape index (κ2) is 8.53. The zero-order chi connectivity index (χ0) is 19.3. The van der Waals surface area contributed by atoms with Crippen LogP contribution in [0.15, 0.2) is 36.4 Å². The fraction of sp³-hybridized carbons (Fsp3) is 0.263. The highest BCUT2D eigenvalue weighted by Crippen LogP contribution is 2.19. The predicted molar refractivity (Wildman–Crippen MR) is 99.8 cm³/mol. The summed E-state index contributed by atoms with van der Waals surface area (Å²) in [5.74, 6) is -2.26. The number of hydrogen-bond donors (Lipinski definition) is 4. The van der Waals surface area contributed by atoms with Gasteiger partial charge in [-0.1, -0.05) is 12.1 Å². The molecule has 0 bridgehead atoms. The molecule has 138 valence electrons. The summed E-state index contributed by atoms with van der Waals surface area (Å²) in [6.07, 6.45) is 0.439. The van der Waals surface area contributed by atoms with E-state index in [0.29, 0.717) is 29.1 Å². The molecule has 26 heavy (non-hydrogen) atoms. The molecule has 0 fully saturated rings. The van der Waals surface area contributed by atoms with Crippen LogP contribution >= 0.6 is 0 Å². The fourth-order valence-electron chi connectivity index (χ4n) is 2.37. The van der Waals surface area contributed by atoms with Crippen LogP contribution in [0.25, 0.3) is 0 Å². The van der Waals surface area contributed by atoms with Crippen molar-refractivity contribution in [1.29, 1.82) is 5.41 Å². The number of nitrogens with two attached hydrogens (primary N) is 1. The summed E-state index contributed by atoms with van der Waals surface area (Å²) in [5, 5.41) is 13.6. The molecule has 2 aromatic carbocycles. The van der Waals surface area contributed by atoms with E-state index in [9.17, 15) is 13.6 Å². The smallest absolute Gasteiger partial charge is 0.243 e. The first-order chi connectivity index (χ1) is 12.3. The predicted octanol–water partition coefficient (Wildman–Crippen LogP) is 3.43. The van der Waals surface area contributed by atoms with E-state index in [2.05, 4.69) is 10.6 Å². The van der Waals surface area contributed by atoms with Crippen molar-refractivity contribution in [2.75, 3.05) is 17.2 Å². The number of nitrogens with one attached hydrogen (secondary N) is 3. The topological polar surface area (TPSA) is 91.0 Å². The van der Waals surface area contributed by atoms with Gasteiger partial charge in [-0.25, -0.2) is 8.78 Å². The van der Waals surface area contributed by atoms with Crippen molar-refractivity contribution in [3.05, 3.63) is 59.2 Å².